The van der Waals surface area contributed by atoms with Crippen molar-refractivity contribution in [2.45, 2.75) is 20.0 Å². The summed E-state index contributed by atoms with van der Waals surface area (Å²) in [5.74, 6) is 1.57. The summed E-state index contributed by atoms with van der Waals surface area (Å²) in [6.45, 7) is 4.21. The third kappa shape index (κ3) is 4.69. The Hall–Kier alpha value is -3.09. The van der Waals surface area contributed by atoms with Crippen molar-refractivity contribution in [3.63, 3.8) is 0 Å². The Kier molecular flexibility index (Phi) is 5.46. The van der Waals surface area contributed by atoms with Crippen molar-refractivity contribution in [3.05, 3.63) is 60.2 Å². The Morgan fingerprint density at radius 2 is 2.16 bits per heavy atom. The zero-order valence-electron chi connectivity index (χ0n) is 14.5. The molecule has 0 atom stereocenters. The summed E-state index contributed by atoms with van der Waals surface area (Å²) < 4.78 is 2.03. The first kappa shape index (κ1) is 16.8. The molecule has 7 nitrogen and oxygen atoms in total. The molecule has 0 saturated heterocycles. The van der Waals surface area contributed by atoms with Crippen LogP contribution in [0, 0.1) is 0 Å². The molecule has 3 N–H and O–H groups in total. The van der Waals surface area contributed by atoms with Gasteiger partial charge in [0.15, 0.2) is 11.8 Å². The molecule has 0 bridgehead atoms. The predicted molar refractivity (Wildman–Crippen MR) is 98.9 cm³/mol. The fourth-order valence-electron chi connectivity index (χ4n) is 2.53. The second kappa shape index (κ2) is 8.14. The van der Waals surface area contributed by atoms with Gasteiger partial charge in [0, 0.05) is 38.1 Å². The Bertz CT molecular complexity index is 818. The quantitative estimate of drug-likeness (QED) is 0.475. The summed E-state index contributed by atoms with van der Waals surface area (Å²) in [5.41, 5.74) is 3.36. The summed E-state index contributed by atoms with van der Waals surface area (Å²) in [5, 5.41) is 13.4. The first-order valence-electron chi connectivity index (χ1n) is 8.32. The summed E-state index contributed by atoms with van der Waals surface area (Å²) in [6, 6.07) is 10.3. The van der Waals surface area contributed by atoms with E-state index in [1.165, 1.54) is 11.9 Å². The Morgan fingerprint density at radius 3 is 2.88 bits per heavy atom. The van der Waals surface area contributed by atoms with Crippen molar-refractivity contribution in [2.75, 3.05) is 6.54 Å². The van der Waals surface area contributed by atoms with Crippen molar-refractivity contribution >= 4 is 5.96 Å². The molecule has 0 radical (unpaired) electrons. The van der Waals surface area contributed by atoms with Crippen LogP contribution in [0.2, 0.25) is 0 Å². The molecule has 130 valence electrons. The molecule has 0 aliphatic heterocycles. The molecule has 0 unspecified atom stereocenters. The standard InChI is InChI=1S/C18H23N7/c1-3-19-18(21-11-15-7-8-25(2)12-15)20-10-14-5-4-6-16(9-14)17-22-13-23-24-17/h4-9,12-13H,3,10-11H2,1-2H3,(H2,19,20,21)(H,22,23,24). The first-order chi connectivity index (χ1) is 12.2. The van der Waals surface area contributed by atoms with Gasteiger partial charge in [0.25, 0.3) is 0 Å². The Labute approximate surface area is 147 Å². The minimum absolute atomic E-state index is 0.647. The van der Waals surface area contributed by atoms with Gasteiger partial charge in [-0.25, -0.2) is 9.98 Å². The lowest BCUT2D eigenvalue weighted by atomic mass is 10.1. The van der Waals surface area contributed by atoms with Crippen LogP contribution in [-0.2, 0) is 20.1 Å². The van der Waals surface area contributed by atoms with Gasteiger partial charge in [-0.05, 0) is 30.2 Å². The van der Waals surface area contributed by atoms with Gasteiger partial charge in [-0.3, -0.25) is 5.10 Å². The number of aromatic nitrogens is 4. The topological polar surface area (TPSA) is 82.9 Å². The van der Waals surface area contributed by atoms with E-state index < -0.39 is 0 Å². The molecule has 25 heavy (non-hydrogen) atoms. The van der Waals surface area contributed by atoms with Gasteiger partial charge in [-0.15, -0.1) is 0 Å². The Morgan fingerprint density at radius 1 is 1.24 bits per heavy atom. The number of rotatable bonds is 6. The number of benzene rings is 1. The van der Waals surface area contributed by atoms with Gasteiger partial charge in [0.05, 0.1) is 6.54 Å². The summed E-state index contributed by atoms with van der Waals surface area (Å²) in [6.07, 6.45) is 5.62. The fraction of sp³-hybridized carbons (Fsp3) is 0.278. The SMILES string of the molecule is CCNC(=NCc1ccn(C)c1)NCc1cccc(-c2ncn[nH]2)c1. The van der Waals surface area contributed by atoms with Crippen molar-refractivity contribution in [3.8, 4) is 11.4 Å². The molecule has 3 aromatic rings. The molecule has 2 aromatic heterocycles. The average molecular weight is 337 g/mol. The third-order valence-corrected chi connectivity index (χ3v) is 3.73. The number of guanidine groups is 1. The van der Waals surface area contributed by atoms with E-state index in [9.17, 15) is 0 Å². The molecule has 0 fully saturated rings. The summed E-state index contributed by atoms with van der Waals surface area (Å²) in [4.78, 5) is 8.83. The van der Waals surface area contributed by atoms with Gasteiger partial charge in [0.1, 0.15) is 6.33 Å². The zero-order valence-corrected chi connectivity index (χ0v) is 14.5. The number of aromatic amines is 1. The molecule has 2 heterocycles. The lowest BCUT2D eigenvalue weighted by Gasteiger charge is -2.11. The molecule has 1 aromatic carbocycles. The molecule has 0 saturated carbocycles. The number of aryl methyl sites for hydroxylation is 1. The van der Waals surface area contributed by atoms with Crippen molar-refractivity contribution < 1.29 is 0 Å². The number of nitrogens with one attached hydrogen (secondary N) is 3. The first-order valence-corrected chi connectivity index (χ1v) is 8.32. The minimum Gasteiger partial charge on any atom is -0.357 e. The van der Waals surface area contributed by atoms with Crippen LogP contribution in [0.15, 0.2) is 54.0 Å². The van der Waals surface area contributed by atoms with Crippen molar-refractivity contribution in [1.29, 1.82) is 0 Å². The van der Waals surface area contributed by atoms with E-state index in [0.29, 0.717) is 13.1 Å². The second-order valence-electron chi connectivity index (χ2n) is 5.77. The van der Waals surface area contributed by atoms with E-state index in [4.69, 9.17) is 0 Å². The number of aliphatic imine (C=N–C) groups is 1. The molecule has 0 aliphatic rings. The summed E-state index contributed by atoms with van der Waals surface area (Å²) in [7, 11) is 2.01. The zero-order chi connectivity index (χ0) is 17.5. The molecule has 0 aliphatic carbocycles. The van der Waals surface area contributed by atoms with Gasteiger partial charge in [-0.2, -0.15) is 5.10 Å². The van der Waals surface area contributed by atoms with E-state index in [0.717, 1.165) is 29.5 Å². The van der Waals surface area contributed by atoms with Gasteiger partial charge >= 0.3 is 0 Å². The van der Waals surface area contributed by atoms with Gasteiger partial charge in [-0.1, -0.05) is 18.2 Å². The normalized spacial score (nSPS) is 11.5. The van der Waals surface area contributed by atoms with Crippen LogP contribution in [0.25, 0.3) is 11.4 Å². The average Bonchev–Trinajstić information content (AvgIpc) is 3.29. The number of H-pyrrole nitrogens is 1. The molecule has 7 heteroatoms. The molecule has 3 rings (SSSR count). The van der Waals surface area contributed by atoms with Crippen LogP contribution in [0.1, 0.15) is 18.1 Å². The van der Waals surface area contributed by atoms with Gasteiger partial charge < -0.3 is 15.2 Å². The highest BCUT2D eigenvalue weighted by Crippen LogP contribution is 2.15. The number of hydrogen-bond acceptors (Lipinski definition) is 3. The highest BCUT2D eigenvalue weighted by Gasteiger charge is 2.03. The van der Waals surface area contributed by atoms with Crippen LogP contribution in [0.3, 0.4) is 0 Å². The van der Waals surface area contributed by atoms with E-state index in [2.05, 4.69) is 62.1 Å². The molecule has 0 spiro atoms. The fourth-order valence-corrected chi connectivity index (χ4v) is 2.53. The van der Waals surface area contributed by atoms with Crippen molar-refractivity contribution in [1.82, 2.24) is 30.4 Å². The van der Waals surface area contributed by atoms with Crippen LogP contribution in [-0.4, -0.2) is 32.3 Å². The van der Waals surface area contributed by atoms with Crippen LogP contribution in [0.4, 0.5) is 0 Å². The smallest absolute Gasteiger partial charge is 0.191 e. The van der Waals surface area contributed by atoms with Crippen LogP contribution in [0.5, 0.6) is 0 Å². The molecular formula is C18H23N7. The molecular weight excluding hydrogens is 314 g/mol. The maximum absolute atomic E-state index is 4.64. The van der Waals surface area contributed by atoms with E-state index in [1.807, 2.05) is 29.9 Å². The monoisotopic (exact) mass is 337 g/mol. The second-order valence-corrected chi connectivity index (χ2v) is 5.77. The lowest BCUT2D eigenvalue weighted by molar-refractivity contribution is 0.815. The van der Waals surface area contributed by atoms with Gasteiger partial charge in [0.2, 0.25) is 0 Å². The summed E-state index contributed by atoms with van der Waals surface area (Å²) >= 11 is 0. The van der Waals surface area contributed by atoms with E-state index in [-0.39, 0.29) is 0 Å². The predicted octanol–water partition coefficient (Wildman–Crippen LogP) is 2.07. The largest absolute Gasteiger partial charge is 0.357 e. The number of hydrogen-bond donors (Lipinski definition) is 3. The van der Waals surface area contributed by atoms with E-state index >= 15 is 0 Å². The van der Waals surface area contributed by atoms with Crippen LogP contribution >= 0.6 is 0 Å². The van der Waals surface area contributed by atoms with E-state index in [1.54, 1.807) is 0 Å². The molecule has 0 amide bonds. The van der Waals surface area contributed by atoms with Crippen molar-refractivity contribution in [2.24, 2.45) is 12.0 Å². The maximum Gasteiger partial charge on any atom is 0.191 e. The number of nitrogens with zero attached hydrogens (tertiary/aromatic N) is 4. The highest BCUT2D eigenvalue weighted by atomic mass is 15.2. The highest BCUT2D eigenvalue weighted by molar-refractivity contribution is 5.79. The lowest BCUT2D eigenvalue weighted by Crippen LogP contribution is -2.36. The minimum atomic E-state index is 0.647. The Balaban J connectivity index is 1.64. The third-order valence-electron chi connectivity index (χ3n) is 3.73. The maximum atomic E-state index is 4.64. The van der Waals surface area contributed by atoms with Crippen LogP contribution < -0.4 is 10.6 Å².